The fourth-order valence-corrected chi connectivity index (χ4v) is 2.67. The van der Waals surface area contributed by atoms with Gasteiger partial charge in [-0.1, -0.05) is 0 Å². The number of methoxy groups -OCH3 is 1. The number of aromatic nitrogens is 1. The molecule has 0 fully saturated rings. The molecule has 0 aliphatic heterocycles. The molecule has 0 radical (unpaired) electrons. The predicted octanol–water partition coefficient (Wildman–Crippen LogP) is 0.796. The zero-order valence-corrected chi connectivity index (χ0v) is 11.9. The third-order valence-electron chi connectivity index (χ3n) is 2.64. The molecule has 0 atom stereocenters. The lowest BCUT2D eigenvalue weighted by atomic mass is 10.3. The number of carbonyl (C=O) groups is 1. The summed E-state index contributed by atoms with van der Waals surface area (Å²) >= 11 is 0. The van der Waals surface area contributed by atoms with Crippen LogP contribution >= 0.6 is 0 Å². The van der Waals surface area contributed by atoms with Crippen LogP contribution in [0.1, 0.15) is 18.4 Å². The van der Waals surface area contributed by atoms with Gasteiger partial charge in [0.15, 0.2) is 0 Å². The van der Waals surface area contributed by atoms with Crippen LogP contribution in [0.5, 0.6) is 0 Å². The first-order valence-electron chi connectivity index (χ1n) is 5.85. The van der Waals surface area contributed by atoms with Crippen LogP contribution in [-0.4, -0.2) is 43.6 Å². The van der Waals surface area contributed by atoms with Gasteiger partial charge in [0.1, 0.15) is 0 Å². The maximum absolute atomic E-state index is 12.0. The van der Waals surface area contributed by atoms with E-state index in [0.717, 1.165) is 5.56 Å². The van der Waals surface area contributed by atoms with Crippen molar-refractivity contribution in [2.45, 2.75) is 19.4 Å². The Morgan fingerprint density at radius 2 is 2.00 bits per heavy atom. The van der Waals surface area contributed by atoms with Gasteiger partial charge >= 0.3 is 5.97 Å². The van der Waals surface area contributed by atoms with Gasteiger partial charge in [-0.25, -0.2) is 12.7 Å². The number of esters is 1. The highest BCUT2D eigenvalue weighted by molar-refractivity contribution is 7.89. The summed E-state index contributed by atoms with van der Waals surface area (Å²) < 4.78 is 29.7. The van der Waals surface area contributed by atoms with Gasteiger partial charge < -0.3 is 4.74 Å². The molecule has 0 spiro atoms. The summed E-state index contributed by atoms with van der Waals surface area (Å²) in [4.78, 5) is 14.8. The van der Waals surface area contributed by atoms with Crippen molar-refractivity contribution < 1.29 is 17.9 Å². The van der Waals surface area contributed by atoms with Crippen LogP contribution in [0.15, 0.2) is 24.5 Å². The quantitative estimate of drug-likeness (QED) is 0.693. The lowest BCUT2D eigenvalue weighted by molar-refractivity contribution is -0.140. The van der Waals surface area contributed by atoms with Crippen LogP contribution in [0.2, 0.25) is 0 Å². The van der Waals surface area contributed by atoms with Crippen LogP contribution in [-0.2, 0) is 26.1 Å². The van der Waals surface area contributed by atoms with Gasteiger partial charge in [-0.05, 0) is 24.1 Å². The van der Waals surface area contributed by atoms with E-state index < -0.39 is 16.0 Å². The second kappa shape index (κ2) is 7.20. The SMILES string of the molecule is COC(=O)CCCS(=O)(=O)N(C)Cc1ccncc1. The van der Waals surface area contributed by atoms with Crippen LogP contribution in [0, 0.1) is 0 Å². The van der Waals surface area contributed by atoms with E-state index in [-0.39, 0.29) is 18.6 Å². The van der Waals surface area contributed by atoms with Gasteiger partial charge in [-0.3, -0.25) is 9.78 Å². The highest BCUT2D eigenvalue weighted by Crippen LogP contribution is 2.08. The Labute approximate surface area is 113 Å². The van der Waals surface area contributed by atoms with Crippen molar-refractivity contribution in [3.05, 3.63) is 30.1 Å². The maximum atomic E-state index is 12.0. The van der Waals surface area contributed by atoms with Crippen LogP contribution < -0.4 is 0 Å². The Bertz CT molecular complexity index is 502. The molecular weight excluding hydrogens is 268 g/mol. The van der Waals surface area contributed by atoms with E-state index in [9.17, 15) is 13.2 Å². The van der Waals surface area contributed by atoms with E-state index in [4.69, 9.17) is 0 Å². The number of ether oxygens (including phenoxy) is 1. The second-order valence-electron chi connectivity index (χ2n) is 4.11. The zero-order valence-electron chi connectivity index (χ0n) is 11.1. The molecule has 0 N–H and O–H groups in total. The van der Waals surface area contributed by atoms with Gasteiger partial charge in [-0.2, -0.15) is 0 Å². The lowest BCUT2D eigenvalue weighted by Gasteiger charge is -2.16. The lowest BCUT2D eigenvalue weighted by Crippen LogP contribution is -2.29. The molecular formula is C12H18N2O4S. The first-order valence-corrected chi connectivity index (χ1v) is 7.46. The Balaban J connectivity index is 2.50. The van der Waals surface area contributed by atoms with Crippen molar-refractivity contribution in [3.8, 4) is 0 Å². The fraction of sp³-hybridized carbons (Fsp3) is 0.500. The summed E-state index contributed by atoms with van der Waals surface area (Å²) in [5.41, 5.74) is 0.869. The normalized spacial score (nSPS) is 11.5. The average Bonchev–Trinajstić information content (AvgIpc) is 2.39. The number of carbonyl (C=O) groups excluding carboxylic acids is 1. The van der Waals surface area contributed by atoms with Crippen LogP contribution in [0.25, 0.3) is 0 Å². The molecule has 1 heterocycles. The monoisotopic (exact) mass is 286 g/mol. The molecule has 1 rings (SSSR count). The van der Waals surface area contributed by atoms with Gasteiger partial charge in [0.05, 0.1) is 12.9 Å². The van der Waals surface area contributed by atoms with Crippen LogP contribution in [0.3, 0.4) is 0 Å². The predicted molar refractivity (Wildman–Crippen MR) is 70.7 cm³/mol. The summed E-state index contributed by atoms with van der Waals surface area (Å²) in [7, 11) is -0.551. The van der Waals surface area contributed by atoms with Gasteiger partial charge in [0.2, 0.25) is 10.0 Å². The standard InChI is InChI=1S/C12H18N2O4S/c1-14(10-11-5-7-13-8-6-11)19(16,17)9-3-4-12(15)18-2/h5-8H,3-4,9-10H2,1-2H3. The molecule has 0 aromatic carbocycles. The average molecular weight is 286 g/mol. The zero-order chi connectivity index (χ0) is 14.3. The molecule has 19 heavy (non-hydrogen) atoms. The van der Waals surface area contributed by atoms with Crippen molar-refractivity contribution in [1.29, 1.82) is 0 Å². The molecule has 0 saturated heterocycles. The van der Waals surface area contributed by atoms with Crippen molar-refractivity contribution in [1.82, 2.24) is 9.29 Å². The maximum Gasteiger partial charge on any atom is 0.305 e. The molecule has 0 amide bonds. The van der Waals surface area contributed by atoms with E-state index in [1.165, 1.54) is 18.5 Å². The molecule has 7 heteroatoms. The van der Waals surface area contributed by atoms with Crippen LogP contribution in [0.4, 0.5) is 0 Å². The number of rotatable bonds is 7. The number of pyridine rings is 1. The molecule has 0 saturated carbocycles. The van der Waals surface area contributed by atoms with E-state index in [1.807, 2.05) is 0 Å². The summed E-state index contributed by atoms with van der Waals surface area (Å²) in [5, 5.41) is 0. The largest absolute Gasteiger partial charge is 0.469 e. The minimum atomic E-state index is -3.36. The Morgan fingerprint density at radius 1 is 1.37 bits per heavy atom. The highest BCUT2D eigenvalue weighted by atomic mass is 32.2. The molecule has 0 aliphatic carbocycles. The number of nitrogens with zero attached hydrogens (tertiary/aromatic N) is 2. The Morgan fingerprint density at radius 3 is 2.58 bits per heavy atom. The van der Waals surface area contributed by atoms with Gasteiger partial charge in [0, 0.05) is 32.4 Å². The van der Waals surface area contributed by atoms with E-state index in [1.54, 1.807) is 24.5 Å². The van der Waals surface area contributed by atoms with Crippen molar-refractivity contribution in [3.63, 3.8) is 0 Å². The Hall–Kier alpha value is -1.47. The van der Waals surface area contributed by atoms with E-state index in [0.29, 0.717) is 6.54 Å². The van der Waals surface area contributed by atoms with Gasteiger partial charge in [0.25, 0.3) is 0 Å². The summed E-state index contributed by atoms with van der Waals surface area (Å²) in [5.74, 6) is -0.462. The summed E-state index contributed by atoms with van der Waals surface area (Å²) in [6, 6.07) is 3.53. The first kappa shape index (κ1) is 15.6. The van der Waals surface area contributed by atoms with Crippen molar-refractivity contribution >= 4 is 16.0 Å². The van der Waals surface area contributed by atoms with Gasteiger partial charge in [-0.15, -0.1) is 0 Å². The summed E-state index contributed by atoms with van der Waals surface area (Å²) in [6.07, 6.45) is 3.61. The van der Waals surface area contributed by atoms with E-state index in [2.05, 4.69) is 9.72 Å². The highest BCUT2D eigenvalue weighted by Gasteiger charge is 2.18. The second-order valence-corrected chi connectivity index (χ2v) is 6.30. The van der Waals surface area contributed by atoms with Crippen molar-refractivity contribution in [2.75, 3.05) is 19.9 Å². The van der Waals surface area contributed by atoms with E-state index >= 15 is 0 Å². The molecule has 6 nitrogen and oxygen atoms in total. The Kier molecular flexibility index (Phi) is 5.91. The molecule has 106 valence electrons. The fourth-order valence-electron chi connectivity index (χ4n) is 1.50. The minimum Gasteiger partial charge on any atom is -0.469 e. The minimum absolute atomic E-state index is 0.0658. The van der Waals surface area contributed by atoms with Crippen molar-refractivity contribution in [2.24, 2.45) is 0 Å². The third kappa shape index (κ3) is 5.35. The molecule has 0 aliphatic rings. The summed E-state index contributed by atoms with van der Waals surface area (Å²) in [6.45, 7) is 0.295. The smallest absolute Gasteiger partial charge is 0.305 e. The number of hydrogen-bond donors (Lipinski definition) is 0. The molecule has 1 aromatic rings. The molecule has 0 unspecified atom stereocenters. The number of sulfonamides is 1. The molecule has 0 bridgehead atoms. The first-order chi connectivity index (χ1) is 8.95. The third-order valence-corrected chi connectivity index (χ3v) is 4.52. The topological polar surface area (TPSA) is 76.6 Å². The molecule has 1 aromatic heterocycles. The number of hydrogen-bond acceptors (Lipinski definition) is 5.